The zero-order valence-corrected chi connectivity index (χ0v) is 11.7. The lowest BCUT2D eigenvalue weighted by atomic mass is 10.1. The van der Waals surface area contributed by atoms with E-state index in [1.165, 1.54) is 12.0 Å². The van der Waals surface area contributed by atoms with Crippen molar-refractivity contribution in [1.29, 1.82) is 0 Å². The molecule has 0 saturated carbocycles. The molecular weight excluding hydrogens is 299 g/mol. The predicted molar refractivity (Wildman–Crippen MR) is 74.0 cm³/mol. The van der Waals surface area contributed by atoms with Crippen molar-refractivity contribution in [1.82, 2.24) is 0 Å². The normalized spacial score (nSPS) is 12.5. The van der Waals surface area contributed by atoms with Crippen molar-refractivity contribution in [2.75, 3.05) is 4.43 Å². The Kier molecular flexibility index (Phi) is 6.06. The molecule has 0 aliphatic carbocycles. The number of aryl methyl sites for hydroxylation is 1. The highest BCUT2D eigenvalue weighted by Crippen LogP contribution is 2.17. The molecule has 0 aliphatic rings. The zero-order chi connectivity index (χ0) is 11.1. The highest BCUT2D eigenvalue weighted by Gasteiger charge is 2.08. The molecule has 1 aromatic rings. The van der Waals surface area contributed by atoms with Gasteiger partial charge in [-0.15, -0.1) is 0 Å². The van der Waals surface area contributed by atoms with Crippen molar-refractivity contribution in [2.24, 2.45) is 0 Å². The van der Waals surface area contributed by atoms with Crippen molar-refractivity contribution < 1.29 is 4.74 Å². The summed E-state index contributed by atoms with van der Waals surface area (Å²) in [6, 6.07) is 8.32. The average Bonchev–Trinajstić information content (AvgIpc) is 2.22. The second-order valence-corrected chi connectivity index (χ2v) is 4.90. The molecule has 1 unspecified atom stereocenters. The van der Waals surface area contributed by atoms with Gasteiger partial charge in [-0.2, -0.15) is 0 Å². The highest BCUT2D eigenvalue weighted by atomic mass is 127. The Labute approximate surface area is 106 Å². The van der Waals surface area contributed by atoms with Gasteiger partial charge in [-0.3, -0.25) is 0 Å². The third-order valence-corrected chi connectivity index (χ3v) is 2.99. The smallest absolute Gasteiger partial charge is 0.119 e. The first-order valence-electron chi connectivity index (χ1n) is 5.55. The standard InChI is InChI=1S/C13H19IO/c1-3-4-12(9-10-14)15-13-7-5-11(2)6-8-13/h5-8,12H,3-4,9-10H2,1-2H3. The molecule has 0 bridgehead atoms. The van der Waals surface area contributed by atoms with Crippen LogP contribution in [-0.4, -0.2) is 10.5 Å². The van der Waals surface area contributed by atoms with E-state index < -0.39 is 0 Å². The zero-order valence-electron chi connectivity index (χ0n) is 9.50. The van der Waals surface area contributed by atoms with Gasteiger partial charge in [0, 0.05) is 4.43 Å². The Balaban J connectivity index is 2.53. The van der Waals surface area contributed by atoms with E-state index in [2.05, 4.69) is 60.7 Å². The van der Waals surface area contributed by atoms with Crippen LogP contribution in [0.3, 0.4) is 0 Å². The molecule has 0 saturated heterocycles. The molecule has 0 amide bonds. The first kappa shape index (κ1) is 12.8. The molecule has 1 aromatic carbocycles. The fourth-order valence-electron chi connectivity index (χ4n) is 1.52. The Morgan fingerprint density at radius 2 is 1.87 bits per heavy atom. The number of benzene rings is 1. The summed E-state index contributed by atoms with van der Waals surface area (Å²) in [7, 11) is 0. The van der Waals surface area contributed by atoms with E-state index in [0.29, 0.717) is 6.10 Å². The van der Waals surface area contributed by atoms with Gasteiger partial charge in [0.1, 0.15) is 5.75 Å². The van der Waals surface area contributed by atoms with Crippen LogP contribution in [0.1, 0.15) is 31.7 Å². The Bertz CT molecular complexity index is 262. The van der Waals surface area contributed by atoms with Gasteiger partial charge in [0.15, 0.2) is 0 Å². The lowest BCUT2D eigenvalue weighted by molar-refractivity contribution is 0.188. The first-order chi connectivity index (χ1) is 7.26. The molecule has 2 heteroatoms. The Morgan fingerprint density at radius 1 is 1.20 bits per heavy atom. The molecule has 1 rings (SSSR count). The monoisotopic (exact) mass is 318 g/mol. The summed E-state index contributed by atoms with van der Waals surface area (Å²) in [6.07, 6.45) is 3.86. The van der Waals surface area contributed by atoms with Crippen molar-refractivity contribution in [2.45, 2.75) is 39.2 Å². The van der Waals surface area contributed by atoms with Gasteiger partial charge in [0.2, 0.25) is 0 Å². The molecule has 0 fully saturated rings. The molecule has 0 spiro atoms. The van der Waals surface area contributed by atoms with E-state index >= 15 is 0 Å². The van der Waals surface area contributed by atoms with Crippen molar-refractivity contribution in [3.05, 3.63) is 29.8 Å². The van der Waals surface area contributed by atoms with Gasteiger partial charge in [-0.05, 0) is 31.9 Å². The molecule has 1 nitrogen and oxygen atoms in total. The Morgan fingerprint density at radius 3 is 2.40 bits per heavy atom. The largest absolute Gasteiger partial charge is 0.490 e. The summed E-state index contributed by atoms with van der Waals surface area (Å²) in [5.74, 6) is 1.00. The molecule has 0 heterocycles. The number of hydrogen-bond acceptors (Lipinski definition) is 1. The summed E-state index contributed by atoms with van der Waals surface area (Å²) in [5, 5.41) is 0. The minimum Gasteiger partial charge on any atom is -0.490 e. The molecule has 0 aliphatic heterocycles. The van der Waals surface area contributed by atoms with Crippen molar-refractivity contribution in [3.63, 3.8) is 0 Å². The number of alkyl halides is 1. The van der Waals surface area contributed by atoms with Crippen LogP contribution in [0.2, 0.25) is 0 Å². The second kappa shape index (κ2) is 7.09. The summed E-state index contributed by atoms with van der Waals surface area (Å²) in [6.45, 7) is 4.30. The summed E-state index contributed by atoms with van der Waals surface area (Å²) >= 11 is 2.41. The molecule has 0 N–H and O–H groups in total. The molecule has 1 atom stereocenters. The van der Waals surface area contributed by atoms with E-state index in [9.17, 15) is 0 Å². The number of rotatable bonds is 6. The van der Waals surface area contributed by atoms with Crippen molar-refractivity contribution in [3.8, 4) is 5.75 Å². The van der Waals surface area contributed by atoms with E-state index in [4.69, 9.17) is 4.74 Å². The quantitative estimate of drug-likeness (QED) is 0.559. The number of halogens is 1. The highest BCUT2D eigenvalue weighted by molar-refractivity contribution is 14.1. The van der Waals surface area contributed by atoms with Crippen LogP contribution in [0.5, 0.6) is 5.75 Å². The van der Waals surface area contributed by atoms with E-state index in [0.717, 1.165) is 23.0 Å². The fourth-order valence-corrected chi connectivity index (χ4v) is 2.21. The van der Waals surface area contributed by atoms with Gasteiger partial charge >= 0.3 is 0 Å². The van der Waals surface area contributed by atoms with Crippen LogP contribution < -0.4 is 4.74 Å². The maximum Gasteiger partial charge on any atom is 0.119 e. The second-order valence-electron chi connectivity index (χ2n) is 3.82. The number of hydrogen-bond donors (Lipinski definition) is 0. The van der Waals surface area contributed by atoms with E-state index in [1.54, 1.807) is 0 Å². The minimum absolute atomic E-state index is 0.384. The SMILES string of the molecule is CCCC(CCI)Oc1ccc(C)cc1. The number of ether oxygens (including phenoxy) is 1. The van der Waals surface area contributed by atoms with Crippen LogP contribution in [0.15, 0.2) is 24.3 Å². The van der Waals surface area contributed by atoms with E-state index in [-0.39, 0.29) is 0 Å². The molecule has 84 valence electrons. The average molecular weight is 318 g/mol. The predicted octanol–water partition coefficient (Wildman–Crippen LogP) is 4.37. The molecule has 15 heavy (non-hydrogen) atoms. The van der Waals surface area contributed by atoms with Crippen LogP contribution in [0, 0.1) is 6.92 Å². The third kappa shape index (κ3) is 4.87. The maximum absolute atomic E-state index is 5.95. The summed E-state index contributed by atoms with van der Waals surface area (Å²) in [4.78, 5) is 0. The van der Waals surface area contributed by atoms with Gasteiger partial charge in [-0.1, -0.05) is 53.6 Å². The molecule has 0 radical (unpaired) electrons. The first-order valence-corrected chi connectivity index (χ1v) is 7.08. The molecular formula is C13H19IO. The van der Waals surface area contributed by atoms with Gasteiger partial charge < -0.3 is 4.74 Å². The van der Waals surface area contributed by atoms with Gasteiger partial charge in [0.05, 0.1) is 6.10 Å². The van der Waals surface area contributed by atoms with Crippen LogP contribution in [0.25, 0.3) is 0 Å². The fraction of sp³-hybridized carbons (Fsp3) is 0.538. The third-order valence-electron chi connectivity index (χ3n) is 2.37. The lowest BCUT2D eigenvalue weighted by Gasteiger charge is -2.17. The minimum atomic E-state index is 0.384. The van der Waals surface area contributed by atoms with Gasteiger partial charge in [0.25, 0.3) is 0 Å². The molecule has 0 aromatic heterocycles. The lowest BCUT2D eigenvalue weighted by Crippen LogP contribution is -2.16. The van der Waals surface area contributed by atoms with Crippen LogP contribution >= 0.6 is 22.6 Å². The summed E-state index contributed by atoms with van der Waals surface area (Å²) < 4.78 is 7.11. The van der Waals surface area contributed by atoms with E-state index in [1.807, 2.05) is 0 Å². The topological polar surface area (TPSA) is 9.23 Å². The van der Waals surface area contributed by atoms with Crippen LogP contribution in [-0.2, 0) is 0 Å². The van der Waals surface area contributed by atoms with Gasteiger partial charge in [-0.25, -0.2) is 0 Å². The van der Waals surface area contributed by atoms with Crippen LogP contribution in [0.4, 0.5) is 0 Å². The Hall–Kier alpha value is -0.250. The maximum atomic E-state index is 5.95. The van der Waals surface area contributed by atoms with Crippen molar-refractivity contribution >= 4 is 22.6 Å². The summed E-state index contributed by atoms with van der Waals surface area (Å²) in [5.41, 5.74) is 1.28.